The van der Waals surface area contributed by atoms with Crippen LogP contribution in [0.4, 0.5) is 9.52 Å². The maximum atomic E-state index is 12.8. The Bertz CT molecular complexity index is 879. The first-order valence-electron chi connectivity index (χ1n) is 8.36. The van der Waals surface area contributed by atoms with Gasteiger partial charge < -0.3 is 9.47 Å². The van der Waals surface area contributed by atoms with Gasteiger partial charge in [-0.3, -0.25) is 10.1 Å². The molecule has 1 aromatic heterocycles. The van der Waals surface area contributed by atoms with Gasteiger partial charge in [0.05, 0.1) is 12.3 Å². The van der Waals surface area contributed by atoms with E-state index in [1.165, 1.54) is 41.2 Å². The lowest BCUT2D eigenvalue weighted by Crippen LogP contribution is -2.20. The van der Waals surface area contributed by atoms with Crippen LogP contribution in [0, 0.1) is 5.82 Å². The molecule has 0 spiro atoms. The number of benzene rings is 2. The average Bonchev–Trinajstić information content (AvgIpc) is 3.14. The zero-order valence-electron chi connectivity index (χ0n) is 14.8. The zero-order chi connectivity index (χ0) is 19.1. The Morgan fingerprint density at radius 2 is 1.89 bits per heavy atom. The van der Waals surface area contributed by atoms with Crippen LogP contribution in [0.5, 0.6) is 5.75 Å². The number of carbonyl (C=O) groups excluding carboxylic acids is 1. The number of methoxy groups -OCH3 is 1. The van der Waals surface area contributed by atoms with Crippen molar-refractivity contribution in [3.63, 3.8) is 0 Å². The van der Waals surface area contributed by atoms with Crippen LogP contribution in [0.15, 0.2) is 53.9 Å². The van der Waals surface area contributed by atoms with E-state index in [1.807, 2.05) is 29.6 Å². The first kappa shape index (κ1) is 19.0. The highest BCUT2D eigenvalue weighted by Gasteiger charge is 2.09. The quantitative estimate of drug-likeness (QED) is 0.632. The highest BCUT2D eigenvalue weighted by molar-refractivity contribution is 7.14. The van der Waals surface area contributed by atoms with E-state index < -0.39 is 0 Å². The van der Waals surface area contributed by atoms with Crippen LogP contribution in [-0.4, -0.2) is 31.2 Å². The van der Waals surface area contributed by atoms with Crippen molar-refractivity contribution in [3.05, 3.63) is 65.3 Å². The lowest BCUT2D eigenvalue weighted by Gasteiger charge is -2.05. The van der Waals surface area contributed by atoms with Crippen LogP contribution in [0.3, 0.4) is 0 Å². The Balaban J connectivity index is 1.54. The van der Waals surface area contributed by atoms with E-state index in [2.05, 4.69) is 10.3 Å². The van der Waals surface area contributed by atoms with E-state index in [1.54, 1.807) is 7.11 Å². The van der Waals surface area contributed by atoms with Gasteiger partial charge in [0, 0.05) is 18.1 Å². The van der Waals surface area contributed by atoms with Gasteiger partial charge in [-0.2, -0.15) is 0 Å². The molecule has 0 bridgehead atoms. The molecule has 0 aliphatic heterocycles. The molecule has 0 aliphatic carbocycles. The van der Waals surface area contributed by atoms with Gasteiger partial charge in [-0.05, 0) is 36.2 Å². The Morgan fingerprint density at radius 1 is 1.15 bits per heavy atom. The van der Waals surface area contributed by atoms with Gasteiger partial charge in [0.25, 0.3) is 5.91 Å². The second-order valence-electron chi connectivity index (χ2n) is 5.77. The first-order chi connectivity index (χ1) is 13.1. The summed E-state index contributed by atoms with van der Waals surface area (Å²) in [5.41, 5.74) is 2.98. The standard InChI is InChI=1S/C20H19FN2O3S/c1-25-11-10-14-2-4-15(5-3-14)18-13-27-20(22-18)23-19(24)12-26-17-8-6-16(21)7-9-17/h2-9,13H,10-12H2,1H3,(H,22,23,24). The average molecular weight is 386 g/mol. The largest absolute Gasteiger partial charge is 0.484 e. The van der Waals surface area contributed by atoms with Gasteiger partial charge >= 0.3 is 0 Å². The van der Waals surface area contributed by atoms with Crippen molar-refractivity contribution in [2.24, 2.45) is 0 Å². The SMILES string of the molecule is COCCc1ccc(-c2csc(NC(=O)COc3ccc(F)cc3)n2)cc1. The minimum atomic E-state index is -0.353. The molecular formula is C20H19FN2O3S. The second kappa shape index (κ2) is 9.25. The highest BCUT2D eigenvalue weighted by Crippen LogP contribution is 2.25. The molecular weight excluding hydrogens is 367 g/mol. The summed E-state index contributed by atoms with van der Waals surface area (Å²) in [6.07, 6.45) is 0.864. The van der Waals surface area contributed by atoms with Crippen LogP contribution < -0.4 is 10.1 Å². The Hall–Kier alpha value is -2.77. The van der Waals surface area contributed by atoms with Crippen LogP contribution >= 0.6 is 11.3 Å². The number of rotatable bonds is 8. The third kappa shape index (κ3) is 5.60. The summed E-state index contributed by atoms with van der Waals surface area (Å²) in [7, 11) is 1.68. The molecule has 1 amide bonds. The molecule has 7 heteroatoms. The molecule has 27 heavy (non-hydrogen) atoms. The number of nitrogens with zero attached hydrogens (tertiary/aromatic N) is 1. The fourth-order valence-corrected chi connectivity index (χ4v) is 3.10. The lowest BCUT2D eigenvalue weighted by molar-refractivity contribution is -0.118. The molecule has 0 aliphatic rings. The number of hydrogen-bond acceptors (Lipinski definition) is 5. The summed E-state index contributed by atoms with van der Waals surface area (Å²) < 4.78 is 23.2. The Labute approximate surface area is 160 Å². The molecule has 0 unspecified atom stereocenters. The summed E-state index contributed by atoms with van der Waals surface area (Å²) in [5, 5.41) is 5.10. The van der Waals surface area contributed by atoms with Gasteiger partial charge in [-0.15, -0.1) is 11.3 Å². The first-order valence-corrected chi connectivity index (χ1v) is 9.24. The molecule has 140 valence electrons. The van der Waals surface area contributed by atoms with Crippen LogP contribution in [-0.2, 0) is 16.0 Å². The normalized spacial score (nSPS) is 10.6. The molecule has 2 aromatic carbocycles. The molecule has 0 saturated carbocycles. The molecule has 0 saturated heterocycles. The van der Waals surface area contributed by atoms with Crippen molar-refractivity contribution >= 4 is 22.4 Å². The topological polar surface area (TPSA) is 60.5 Å². The van der Waals surface area contributed by atoms with E-state index in [0.29, 0.717) is 17.5 Å². The molecule has 1 heterocycles. The van der Waals surface area contributed by atoms with Gasteiger partial charge in [0.1, 0.15) is 11.6 Å². The van der Waals surface area contributed by atoms with Crippen molar-refractivity contribution in [1.29, 1.82) is 0 Å². The van der Waals surface area contributed by atoms with E-state index >= 15 is 0 Å². The van der Waals surface area contributed by atoms with Crippen molar-refractivity contribution in [2.75, 3.05) is 25.6 Å². The minimum absolute atomic E-state index is 0.172. The van der Waals surface area contributed by atoms with Crippen molar-refractivity contribution in [3.8, 4) is 17.0 Å². The summed E-state index contributed by atoms with van der Waals surface area (Å²) in [4.78, 5) is 16.4. The van der Waals surface area contributed by atoms with Crippen LogP contribution in [0.2, 0.25) is 0 Å². The van der Waals surface area contributed by atoms with Gasteiger partial charge in [-0.1, -0.05) is 24.3 Å². The van der Waals surface area contributed by atoms with Crippen molar-refractivity contribution in [2.45, 2.75) is 6.42 Å². The number of carbonyl (C=O) groups is 1. The predicted molar refractivity (Wildman–Crippen MR) is 104 cm³/mol. The van der Waals surface area contributed by atoms with Crippen molar-refractivity contribution in [1.82, 2.24) is 4.98 Å². The number of thiazole rings is 1. The summed E-state index contributed by atoms with van der Waals surface area (Å²) >= 11 is 1.35. The molecule has 3 aromatic rings. The smallest absolute Gasteiger partial charge is 0.264 e. The van der Waals surface area contributed by atoms with E-state index in [9.17, 15) is 9.18 Å². The monoisotopic (exact) mass is 386 g/mol. The maximum Gasteiger partial charge on any atom is 0.264 e. The summed E-state index contributed by atoms with van der Waals surface area (Å²) in [6, 6.07) is 13.6. The maximum absolute atomic E-state index is 12.8. The number of hydrogen-bond donors (Lipinski definition) is 1. The molecule has 1 N–H and O–H groups in total. The third-order valence-corrected chi connectivity index (χ3v) is 4.54. The number of amides is 1. The number of ether oxygens (including phenoxy) is 2. The Morgan fingerprint density at radius 3 is 2.59 bits per heavy atom. The number of nitrogens with one attached hydrogen (secondary N) is 1. The molecule has 5 nitrogen and oxygen atoms in total. The minimum Gasteiger partial charge on any atom is -0.484 e. The van der Waals surface area contributed by atoms with Gasteiger partial charge in [-0.25, -0.2) is 9.37 Å². The summed E-state index contributed by atoms with van der Waals surface area (Å²) in [6.45, 7) is 0.515. The fraction of sp³-hybridized carbons (Fsp3) is 0.200. The Kier molecular flexibility index (Phi) is 6.51. The van der Waals surface area contributed by atoms with E-state index in [4.69, 9.17) is 9.47 Å². The predicted octanol–water partition coefficient (Wildman–Crippen LogP) is 4.16. The molecule has 0 atom stereocenters. The van der Waals surface area contributed by atoms with E-state index in [0.717, 1.165) is 17.7 Å². The molecule has 3 rings (SSSR count). The van der Waals surface area contributed by atoms with E-state index in [-0.39, 0.29) is 18.3 Å². The van der Waals surface area contributed by atoms with Crippen molar-refractivity contribution < 1.29 is 18.7 Å². The highest BCUT2D eigenvalue weighted by atomic mass is 32.1. The number of aromatic nitrogens is 1. The summed E-state index contributed by atoms with van der Waals surface area (Å²) in [5.74, 6) is -0.246. The molecule has 0 radical (unpaired) electrons. The van der Waals surface area contributed by atoms with Crippen LogP contribution in [0.25, 0.3) is 11.3 Å². The fourth-order valence-electron chi connectivity index (χ4n) is 2.36. The number of halogens is 1. The third-order valence-electron chi connectivity index (χ3n) is 3.78. The van der Waals surface area contributed by atoms with Crippen LogP contribution in [0.1, 0.15) is 5.56 Å². The lowest BCUT2D eigenvalue weighted by atomic mass is 10.1. The van der Waals surface area contributed by atoms with Gasteiger partial charge in [0.15, 0.2) is 11.7 Å². The molecule has 0 fully saturated rings. The van der Waals surface area contributed by atoms with Gasteiger partial charge in [0.2, 0.25) is 0 Å². The number of anilines is 1. The zero-order valence-corrected chi connectivity index (χ0v) is 15.6. The second-order valence-corrected chi connectivity index (χ2v) is 6.63.